The van der Waals surface area contributed by atoms with Crippen LogP contribution in [0.3, 0.4) is 0 Å². The number of ether oxygens (including phenoxy) is 1. The Morgan fingerprint density at radius 3 is 2.53 bits per heavy atom. The van der Waals surface area contributed by atoms with Crippen LogP contribution in [0.2, 0.25) is 0 Å². The number of benzene rings is 2. The zero-order chi connectivity index (χ0) is 25.4. The lowest BCUT2D eigenvalue weighted by Gasteiger charge is -2.27. The minimum Gasteiger partial charge on any atom is -0.490 e. The number of nitrogens with two attached hydrogens (primary N) is 1. The van der Waals surface area contributed by atoms with Gasteiger partial charge in [0.2, 0.25) is 15.9 Å². The predicted molar refractivity (Wildman–Crippen MR) is 133 cm³/mol. The van der Waals surface area contributed by atoms with E-state index in [1.165, 1.54) is 12.1 Å². The standard InChI is InChI=1S/C26H27FN4O4S/c1-15(2)25-30-26(35-31-25)16-6-8-17(9-7-16)34-23-12-13-29-24-20(4-3-5-21(23)24)19-11-10-18(14-22(19)27)36(28,32)33/h3-5,10-17H,6-9H2,1-2H3,(H2,28,32,33). The Balaban J connectivity index is 1.36. The lowest BCUT2D eigenvalue weighted by Crippen LogP contribution is -2.23. The van der Waals surface area contributed by atoms with Gasteiger partial charge >= 0.3 is 0 Å². The number of para-hydroxylation sites is 1. The second kappa shape index (κ2) is 9.59. The van der Waals surface area contributed by atoms with Crippen molar-refractivity contribution in [1.82, 2.24) is 15.1 Å². The molecule has 0 spiro atoms. The molecular weight excluding hydrogens is 483 g/mol. The first-order chi connectivity index (χ1) is 17.2. The monoisotopic (exact) mass is 510 g/mol. The molecule has 0 aliphatic heterocycles. The molecule has 0 radical (unpaired) electrons. The smallest absolute Gasteiger partial charge is 0.238 e. The molecule has 0 bridgehead atoms. The van der Waals surface area contributed by atoms with Crippen molar-refractivity contribution in [1.29, 1.82) is 0 Å². The van der Waals surface area contributed by atoms with Crippen LogP contribution in [0.1, 0.15) is 63.1 Å². The number of hydrogen-bond donors (Lipinski definition) is 1. The van der Waals surface area contributed by atoms with Crippen LogP contribution in [-0.2, 0) is 10.0 Å². The summed E-state index contributed by atoms with van der Waals surface area (Å²) < 4.78 is 49.9. The number of primary sulfonamides is 1. The number of rotatable bonds is 6. The average Bonchev–Trinajstić information content (AvgIpc) is 3.35. The van der Waals surface area contributed by atoms with Crippen molar-refractivity contribution >= 4 is 20.9 Å². The Bertz CT molecular complexity index is 1510. The van der Waals surface area contributed by atoms with Crippen LogP contribution in [0.4, 0.5) is 4.39 Å². The maximum Gasteiger partial charge on any atom is 0.238 e. The van der Waals surface area contributed by atoms with Crippen molar-refractivity contribution in [2.45, 2.75) is 62.4 Å². The Morgan fingerprint density at radius 1 is 1.08 bits per heavy atom. The molecule has 5 rings (SSSR count). The van der Waals surface area contributed by atoms with E-state index in [4.69, 9.17) is 14.4 Å². The highest BCUT2D eigenvalue weighted by molar-refractivity contribution is 7.89. The number of sulfonamides is 1. The van der Waals surface area contributed by atoms with Crippen LogP contribution < -0.4 is 9.88 Å². The van der Waals surface area contributed by atoms with E-state index < -0.39 is 15.8 Å². The molecule has 188 valence electrons. The first-order valence-electron chi connectivity index (χ1n) is 11.9. The lowest BCUT2D eigenvalue weighted by atomic mass is 9.87. The summed E-state index contributed by atoms with van der Waals surface area (Å²) in [6, 6.07) is 10.9. The molecule has 0 amide bonds. The van der Waals surface area contributed by atoms with E-state index in [2.05, 4.69) is 15.1 Å². The van der Waals surface area contributed by atoms with Crippen LogP contribution >= 0.6 is 0 Å². The Kier molecular flexibility index (Phi) is 6.48. The molecule has 2 aromatic heterocycles. The molecule has 0 saturated heterocycles. The van der Waals surface area contributed by atoms with E-state index in [1.54, 1.807) is 18.3 Å². The second-order valence-electron chi connectivity index (χ2n) is 9.43. The fourth-order valence-electron chi connectivity index (χ4n) is 4.62. The van der Waals surface area contributed by atoms with E-state index in [1.807, 2.05) is 26.0 Å². The van der Waals surface area contributed by atoms with Crippen molar-refractivity contribution in [3.8, 4) is 16.9 Å². The van der Waals surface area contributed by atoms with Crippen LogP contribution in [0, 0.1) is 5.82 Å². The first-order valence-corrected chi connectivity index (χ1v) is 13.5. The molecule has 1 fully saturated rings. The van der Waals surface area contributed by atoms with E-state index in [0.29, 0.717) is 22.7 Å². The first kappa shape index (κ1) is 24.3. The largest absolute Gasteiger partial charge is 0.490 e. The third-order valence-electron chi connectivity index (χ3n) is 6.58. The summed E-state index contributed by atoms with van der Waals surface area (Å²) in [4.78, 5) is 8.74. The van der Waals surface area contributed by atoms with Gasteiger partial charge in [-0.15, -0.1) is 0 Å². The van der Waals surface area contributed by atoms with Gasteiger partial charge in [-0.05, 0) is 49.9 Å². The van der Waals surface area contributed by atoms with Gasteiger partial charge in [0.05, 0.1) is 16.5 Å². The fourth-order valence-corrected chi connectivity index (χ4v) is 5.14. The van der Waals surface area contributed by atoms with Crippen molar-refractivity contribution in [3.63, 3.8) is 0 Å². The predicted octanol–water partition coefficient (Wildman–Crippen LogP) is 5.30. The van der Waals surface area contributed by atoms with Gasteiger partial charge in [-0.3, -0.25) is 4.98 Å². The minimum atomic E-state index is -4.00. The molecule has 0 unspecified atom stereocenters. The molecule has 2 aromatic carbocycles. The van der Waals surface area contributed by atoms with Gasteiger partial charge in [0.15, 0.2) is 5.82 Å². The summed E-state index contributed by atoms with van der Waals surface area (Å²) in [6.45, 7) is 4.08. The maximum absolute atomic E-state index is 14.9. The van der Waals surface area contributed by atoms with Gasteiger partial charge in [-0.25, -0.2) is 17.9 Å². The average molecular weight is 511 g/mol. The summed E-state index contributed by atoms with van der Waals surface area (Å²) in [7, 11) is -4.00. The summed E-state index contributed by atoms with van der Waals surface area (Å²) in [6.07, 6.45) is 5.12. The van der Waals surface area contributed by atoms with Crippen molar-refractivity contribution in [3.05, 3.63) is 66.2 Å². The number of hydrogen-bond acceptors (Lipinski definition) is 7. The zero-order valence-electron chi connectivity index (χ0n) is 20.0. The van der Waals surface area contributed by atoms with E-state index in [0.717, 1.165) is 43.0 Å². The van der Waals surface area contributed by atoms with Gasteiger partial charge in [0.25, 0.3) is 0 Å². The van der Waals surface area contributed by atoms with E-state index in [9.17, 15) is 12.8 Å². The molecule has 1 aliphatic carbocycles. The summed E-state index contributed by atoms with van der Waals surface area (Å²) in [5.74, 6) is 1.87. The van der Waals surface area contributed by atoms with Crippen molar-refractivity contribution in [2.24, 2.45) is 5.14 Å². The van der Waals surface area contributed by atoms with Crippen molar-refractivity contribution in [2.75, 3.05) is 0 Å². The molecule has 4 aromatic rings. The normalized spacial score (nSPS) is 18.6. The topological polar surface area (TPSA) is 121 Å². The molecule has 2 heterocycles. The minimum absolute atomic E-state index is 0.0220. The summed E-state index contributed by atoms with van der Waals surface area (Å²) in [5.41, 5.74) is 1.34. The van der Waals surface area contributed by atoms with Gasteiger partial charge < -0.3 is 9.26 Å². The van der Waals surface area contributed by atoms with Gasteiger partial charge in [-0.1, -0.05) is 37.2 Å². The fraction of sp³-hybridized carbons (Fsp3) is 0.346. The highest BCUT2D eigenvalue weighted by atomic mass is 32.2. The lowest BCUT2D eigenvalue weighted by molar-refractivity contribution is 0.141. The quantitative estimate of drug-likeness (QED) is 0.373. The molecule has 1 aliphatic rings. The van der Waals surface area contributed by atoms with Crippen LogP contribution in [0.5, 0.6) is 5.75 Å². The summed E-state index contributed by atoms with van der Waals surface area (Å²) in [5, 5.41) is 9.97. The molecule has 2 N–H and O–H groups in total. The number of fused-ring (bicyclic) bond motifs is 1. The van der Waals surface area contributed by atoms with E-state index in [-0.39, 0.29) is 28.4 Å². The third-order valence-corrected chi connectivity index (χ3v) is 7.49. The third kappa shape index (κ3) is 4.83. The Hall–Kier alpha value is -3.37. The molecule has 0 atom stereocenters. The number of nitrogens with zero attached hydrogens (tertiary/aromatic N) is 3. The second-order valence-corrected chi connectivity index (χ2v) is 11.0. The Labute approximate surface area is 208 Å². The van der Waals surface area contributed by atoms with Gasteiger partial charge in [0, 0.05) is 34.5 Å². The maximum atomic E-state index is 14.9. The molecule has 1 saturated carbocycles. The number of halogens is 1. The van der Waals surface area contributed by atoms with E-state index >= 15 is 0 Å². The van der Waals surface area contributed by atoms with Crippen molar-refractivity contribution < 1.29 is 22.1 Å². The van der Waals surface area contributed by atoms with Gasteiger partial charge in [0.1, 0.15) is 11.6 Å². The van der Waals surface area contributed by atoms with Gasteiger partial charge in [-0.2, -0.15) is 4.98 Å². The van der Waals surface area contributed by atoms with Crippen LogP contribution in [0.25, 0.3) is 22.0 Å². The highest BCUT2D eigenvalue weighted by Gasteiger charge is 2.28. The number of pyridine rings is 1. The molecular formula is C26H27FN4O4S. The molecule has 10 heteroatoms. The zero-order valence-corrected chi connectivity index (χ0v) is 20.8. The van der Waals surface area contributed by atoms with Crippen LogP contribution in [-0.4, -0.2) is 29.6 Å². The van der Waals surface area contributed by atoms with Crippen LogP contribution in [0.15, 0.2) is 58.1 Å². The molecule has 8 nitrogen and oxygen atoms in total. The SMILES string of the molecule is CC(C)c1noc(C2CCC(Oc3ccnc4c(-c5ccc(S(N)(=O)=O)cc5F)cccc34)CC2)n1. The highest BCUT2D eigenvalue weighted by Crippen LogP contribution is 2.37. The number of aromatic nitrogens is 3. The summed E-state index contributed by atoms with van der Waals surface area (Å²) >= 11 is 0. The molecule has 36 heavy (non-hydrogen) atoms. The Morgan fingerprint density at radius 2 is 1.86 bits per heavy atom.